The number of aryl methyl sites for hydroxylation is 2. The van der Waals surface area contributed by atoms with Crippen molar-refractivity contribution in [2.75, 3.05) is 13.1 Å². The Morgan fingerprint density at radius 2 is 2.27 bits per heavy atom. The number of aromatic nitrogens is 5. The molecule has 2 aromatic rings. The number of rotatable bonds is 4. The highest BCUT2D eigenvalue weighted by Crippen LogP contribution is 2.13. The van der Waals surface area contributed by atoms with Gasteiger partial charge in [-0.2, -0.15) is 10.2 Å². The molecule has 0 aromatic carbocycles. The van der Waals surface area contributed by atoms with Crippen molar-refractivity contribution in [3.8, 4) is 0 Å². The molecule has 3 rings (SSSR count). The van der Waals surface area contributed by atoms with Gasteiger partial charge in [0.05, 0.1) is 18.3 Å². The summed E-state index contributed by atoms with van der Waals surface area (Å²) in [7, 11) is 3.70. The second kappa shape index (κ2) is 6.27. The summed E-state index contributed by atoms with van der Waals surface area (Å²) in [5, 5.41) is 11.2. The molecule has 1 aliphatic heterocycles. The Labute approximate surface area is 129 Å². The van der Waals surface area contributed by atoms with Crippen LogP contribution in [-0.2, 0) is 20.6 Å². The third-order valence-electron chi connectivity index (χ3n) is 3.98. The lowest BCUT2D eigenvalue weighted by molar-refractivity contribution is 0.0899. The summed E-state index contributed by atoms with van der Waals surface area (Å²) in [4.78, 5) is 18.8. The van der Waals surface area contributed by atoms with Gasteiger partial charge in [-0.15, -0.1) is 0 Å². The molecule has 0 saturated carbocycles. The third-order valence-corrected chi connectivity index (χ3v) is 3.98. The Balaban J connectivity index is 1.56. The molecular weight excluding hydrogens is 282 g/mol. The van der Waals surface area contributed by atoms with Crippen LogP contribution in [0.5, 0.6) is 0 Å². The molecule has 3 heterocycles. The molecule has 0 spiro atoms. The molecule has 8 nitrogen and oxygen atoms in total. The fraction of sp³-hybridized carbons (Fsp3) is 0.571. The molecule has 0 bridgehead atoms. The van der Waals surface area contributed by atoms with E-state index in [1.54, 1.807) is 35.1 Å². The molecule has 2 aromatic heterocycles. The zero-order valence-corrected chi connectivity index (χ0v) is 12.9. The van der Waals surface area contributed by atoms with Gasteiger partial charge < -0.3 is 5.32 Å². The van der Waals surface area contributed by atoms with Crippen LogP contribution in [0.25, 0.3) is 0 Å². The molecule has 1 unspecified atom stereocenters. The van der Waals surface area contributed by atoms with Crippen molar-refractivity contribution in [3.63, 3.8) is 0 Å². The number of carbonyl (C=O) groups excluding carboxylic acids is 1. The Morgan fingerprint density at radius 3 is 2.95 bits per heavy atom. The van der Waals surface area contributed by atoms with Crippen molar-refractivity contribution in [1.29, 1.82) is 0 Å². The molecular formula is C14H21N7O. The van der Waals surface area contributed by atoms with Gasteiger partial charge in [0.2, 0.25) is 0 Å². The standard InChI is InChI=1S/C14H21N7O/c1-19-7-11(6-16-19)14(22)18-12-4-3-5-21(8-12)9-13-15-10-17-20(13)2/h6-7,10,12H,3-5,8-9H2,1-2H3,(H,18,22). The molecule has 1 atom stereocenters. The highest BCUT2D eigenvalue weighted by Gasteiger charge is 2.23. The fourth-order valence-electron chi connectivity index (χ4n) is 2.79. The Kier molecular flexibility index (Phi) is 4.19. The maximum atomic E-state index is 12.2. The van der Waals surface area contributed by atoms with E-state index in [9.17, 15) is 4.79 Å². The molecule has 1 amide bonds. The minimum atomic E-state index is -0.0568. The van der Waals surface area contributed by atoms with E-state index in [1.165, 1.54) is 0 Å². The smallest absolute Gasteiger partial charge is 0.254 e. The number of likely N-dealkylation sites (tertiary alicyclic amines) is 1. The number of piperidine rings is 1. The van der Waals surface area contributed by atoms with Crippen LogP contribution in [0.3, 0.4) is 0 Å². The van der Waals surface area contributed by atoms with E-state index in [-0.39, 0.29) is 11.9 Å². The van der Waals surface area contributed by atoms with Crippen molar-refractivity contribution in [2.24, 2.45) is 14.1 Å². The lowest BCUT2D eigenvalue weighted by Gasteiger charge is -2.32. The van der Waals surface area contributed by atoms with Gasteiger partial charge in [0.15, 0.2) is 0 Å². The Bertz CT molecular complexity index is 647. The van der Waals surface area contributed by atoms with Crippen molar-refractivity contribution in [1.82, 2.24) is 34.8 Å². The molecule has 1 saturated heterocycles. The van der Waals surface area contributed by atoms with Gasteiger partial charge in [-0.25, -0.2) is 4.98 Å². The fourth-order valence-corrected chi connectivity index (χ4v) is 2.79. The van der Waals surface area contributed by atoms with E-state index in [2.05, 4.69) is 25.4 Å². The SMILES string of the molecule is Cn1cc(C(=O)NC2CCCN(Cc3ncnn3C)C2)cn1. The van der Waals surface area contributed by atoms with Crippen LogP contribution in [0.15, 0.2) is 18.7 Å². The Morgan fingerprint density at radius 1 is 1.41 bits per heavy atom. The van der Waals surface area contributed by atoms with Crippen molar-refractivity contribution >= 4 is 5.91 Å². The van der Waals surface area contributed by atoms with Crippen LogP contribution in [0.2, 0.25) is 0 Å². The molecule has 1 aliphatic rings. The molecule has 22 heavy (non-hydrogen) atoms. The number of nitrogens with zero attached hydrogens (tertiary/aromatic N) is 6. The lowest BCUT2D eigenvalue weighted by Crippen LogP contribution is -2.47. The summed E-state index contributed by atoms with van der Waals surface area (Å²) in [5.41, 5.74) is 0.605. The molecule has 1 N–H and O–H groups in total. The zero-order chi connectivity index (χ0) is 15.5. The molecule has 1 fully saturated rings. The number of hydrogen-bond donors (Lipinski definition) is 1. The molecule has 118 valence electrons. The van der Waals surface area contributed by atoms with E-state index >= 15 is 0 Å². The highest BCUT2D eigenvalue weighted by molar-refractivity contribution is 5.93. The van der Waals surface area contributed by atoms with Gasteiger partial charge >= 0.3 is 0 Å². The van der Waals surface area contributed by atoms with E-state index in [0.29, 0.717) is 5.56 Å². The molecule has 0 aliphatic carbocycles. The predicted molar refractivity (Wildman–Crippen MR) is 80.0 cm³/mol. The van der Waals surface area contributed by atoms with Gasteiger partial charge in [-0.05, 0) is 19.4 Å². The van der Waals surface area contributed by atoms with Crippen LogP contribution in [0, 0.1) is 0 Å². The summed E-state index contributed by atoms with van der Waals surface area (Å²) in [6.45, 7) is 2.61. The largest absolute Gasteiger partial charge is 0.348 e. The van der Waals surface area contributed by atoms with Crippen LogP contribution in [-0.4, -0.2) is 54.5 Å². The summed E-state index contributed by atoms with van der Waals surface area (Å²) in [6.07, 6.45) is 6.96. The first-order valence-corrected chi connectivity index (χ1v) is 7.46. The minimum absolute atomic E-state index is 0.0568. The van der Waals surface area contributed by atoms with Crippen LogP contribution in [0.1, 0.15) is 29.0 Å². The topological polar surface area (TPSA) is 80.9 Å². The lowest BCUT2D eigenvalue weighted by atomic mass is 10.1. The maximum absolute atomic E-state index is 12.2. The van der Waals surface area contributed by atoms with E-state index in [1.807, 2.05) is 7.05 Å². The van der Waals surface area contributed by atoms with Crippen LogP contribution >= 0.6 is 0 Å². The Hall–Kier alpha value is -2.22. The maximum Gasteiger partial charge on any atom is 0.254 e. The minimum Gasteiger partial charge on any atom is -0.348 e. The van der Waals surface area contributed by atoms with Crippen molar-refractivity contribution in [2.45, 2.75) is 25.4 Å². The summed E-state index contributed by atoms with van der Waals surface area (Å²) < 4.78 is 3.42. The quantitative estimate of drug-likeness (QED) is 0.856. The second-order valence-electron chi connectivity index (χ2n) is 5.75. The van der Waals surface area contributed by atoms with Crippen LogP contribution in [0.4, 0.5) is 0 Å². The normalized spacial score (nSPS) is 19.3. The average Bonchev–Trinajstić information content (AvgIpc) is 3.09. The van der Waals surface area contributed by atoms with Gasteiger partial charge in [0, 0.05) is 32.9 Å². The van der Waals surface area contributed by atoms with Crippen molar-refractivity contribution in [3.05, 3.63) is 30.1 Å². The average molecular weight is 303 g/mol. The first-order chi connectivity index (χ1) is 10.6. The monoisotopic (exact) mass is 303 g/mol. The van der Waals surface area contributed by atoms with Crippen LogP contribution < -0.4 is 5.32 Å². The second-order valence-corrected chi connectivity index (χ2v) is 5.75. The number of carbonyl (C=O) groups is 1. The van der Waals surface area contributed by atoms with Gasteiger partial charge in [0.25, 0.3) is 5.91 Å². The predicted octanol–water partition coefficient (Wildman–Crippen LogP) is -0.0570. The summed E-state index contributed by atoms with van der Waals surface area (Å²) in [5.74, 6) is 0.887. The molecule has 8 heteroatoms. The zero-order valence-electron chi connectivity index (χ0n) is 12.9. The number of amides is 1. The first-order valence-electron chi connectivity index (χ1n) is 7.46. The summed E-state index contributed by atoms with van der Waals surface area (Å²) in [6, 6.07) is 0.162. The van der Waals surface area contributed by atoms with E-state index < -0.39 is 0 Å². The van der Waals surface area contributed by atoms with Crippen molar-refractivity contribution < 1.29 is 4.79 Å². The molecule has 0 radical (unpaired) electrons. The van der Waals surface area contributed by atoms with Gasteiger partial charge in [-0.3, -0.25) is 19.1 Å². The highest BCUT2D eigenvalue weighted by atomic mass is 16.1. The third kappa shape index (κ3) is 3.33. The van der Waals surface area contributed by atoms with Gasteiger partial charge in [-0.1, -0.05) is 0 Å². The first kappa shape index (κ1) is 14.7. The van der Waals surface area contributed by atoms with Gasteiger partial charge in [0.1, 0.15) is 12.2 Å². The summed E-state index contributed by atoms with van der Waals surface area (Å²) >= 11 is 0. The number of hydrogen-bond acceptors (Lipinski definition) is 5. The number of nitrogens with one attached hydrogen (secondary N) is 1. The van der Waals surface area contributed by atoms with E-state index in [0.717, 1.165) is 38.3 Å². The van der Waals surface area contributed by atoms with E-state index in [4.69, 9.17) is 0 Å².